The van der Waals surface area contributed by atoms with Crippen molar-refractivity contribution < 1.29 is 36.8 Å². The Kier molecular flexibility index (Phi) is 13.8. The van der Waals surface area contributed by atoms with E-state index in [2.05, 4.69) is 73.6 Å². The van der Waals surface area contributed by atoms with Crippen molar-refractivity contribution in [1.29, 1.82) is 0 Å². The molecule has 3 N–H and O–H groups in total. The number of nitrogens with zero attached hydrogens (tertiary/aromatic N) is 1. The summed E-state index contributed by atoms with van der Waals surface area (Å²) in [5.41, 5.74) is -2.37. The summed E-state index contributed by atoms with van der Waals surface area (Å²) in [5.74, 6) is -2.43. The Morgan fingerprint density at radius 3 is 2.03 bits per heavy atom. The van der Waals surface area contributed by atoms with Gasteiger partial charge in [0.25, 0.3) is 14.2 Å². The molecule has 12 nitrogen and oxygen atoms in total. The van der Waals surface area contributed by atoms with Crippen LogP contribution in [0.2, 0.25) is 5.04 Å². The van der Waals surface area contributed by atoms with Gasteiger partial charge in [-0.2, -0.15) is 0 Å². The van der Waals surface area contributed by atoms with Crippen molar-refractivity contribution >= 4 is 52.5 Å². The number of rotatable bonds is 18. The second-order valence-corrected chi connectivity index (χ2v) is 24.2. The lowest BCUT2D eigenvalue weighted by Gasteiger charge is -2.44. The predicted octanol–water partition coefficient (Wildman–Crippen LogP) is 5.23. The fourth-order valence-corrected chi connectivity index (χ4v) is 14.1. The van der Waals surface area contributed by atoms with E-state index in [9.17, 15) is 27.6 Å². The molecule has 1 saturated heterocycles. The molecular weight excluding hydrogens is 773 g/mol. The summed E-state index contributed by atoms with van der Waals surface area (Å²) in [6, 6.07) is 18.0. The number of carbonyl (C=O) groups is 4. The van der Waals surface area contributed by atoms with E-state index in [0.717, 1.165) is 29.6 Å². The maximum absolute atomic E-state index is 14.9. The van der Waals surface area contributed by atoms with E-state index in [1.54, 1.807) is 20.8 Å². The number of ether oxygens (including phenoxy) is 1. The topological polar surface area (TPSA) is 160 Å². The van der Waals surface area contributed by atoms with E-state index in [0.29, 0.717) is 25.7 Å². The van der Waals surface area contributed by atoms with Gasteiger partial charge in [-0.05, 0) is 74.7 Å². The Morgan fingerprint density at radius 2 is 1.53 bits per heavy atom. The number of likely N-dealkylation sites (tertiary alicyclic amines) is 1. The molecule has 3 fully saturated rings. The summed E-state index contributed by atoms with van der Waals surface area (Å²) < 4.78 is 40.9. The molecule has 2 aromatic carbocycles. The van der Waals surface area contributed by atoms with Crippen molar-refractivity contribution in [2.45, 2.75) is 139 Å². The summed E-state index contributed by atoms with van der Waals surface area (Å²) in [6.45, 7) is 19.3. The third kappa shape index (κ3) is 10.3. The van der Waals surface area contributed by atoms with E-state index in [1.807, 2.05) is 42.5 Å². The SMILES string of the molecule is C=CCCCCCC(NC(=O)OC(C)(C)C)C(=O)N1CC(O[Si](c2ccccc2)(c2ccccc2)C(C)(C)C)CC1C(=O)N[C@]1(C(=O)NS(=O)(=O)C2CC2)CC1C=C. The molecule has 4 amide bonds. The lowest BCUT2D eigenvalue weighted by Crippen LogP contribution is -2.67. The first-order chi connectivity index (χ1) is 27.3. The van der Waals surface area contributed by atoms with Gasteiger partial charge >= 0.3 is 6.09 Å². The van der Waals surface area contributed by atoms with Crippen molar-refractivity contribution in [3.05, 3.63) is 86.0 Å². The Labute approximate surface area is 345 Å². The molecule has 0 aromatic heterocycles. The molecule has 2 aliphatic carbocycles. The maximum Gasteiger partial charge on any atom is 0.408 e. The van der Waals surface area contributed by atoms with Crippen LogP contribution in [-0.2, 0) is 33.6 Å². The minimum absolute atomic E-state index is 0.0323. The lowest BCUT2D eigenvalue weighted by molar-refractivity contribution is -0.141. The highest BCUT2D eigenvalue weighted by Crippen LogP contribution is 2.46. The average Bonchev–Trinajstić information content (AvgIpc) is 4.09. The lowest BCUT2D eigenvalue weighted by atomic mass is 10.0. The fraction of sp³-hybridized carbons (Fsp3) is 0.545. The van der Waals surface area contributed by atoms with Crippen LogP contribution in [0, 0.1) is 5.92 Å². The molecular formula is C44H62N4O8SSi. The number of amides is 4. The van der Waals surface area contributed by atoms with E-state index in [1.165, 1.54) is 11.0 Å². The second-order valence-electron chi connectivity index (χ2n) is 18.0. The van der Waals surface area contributed by atoms with Crippen molar-refractivity contribution in [3.8, 4) is 0 Å². The summed E-state index contributed by atoms with van der Waals surface area (Å²) in [6.07, 6.45) is 6.55. The van der Waals surface area contributed by atoms with E-state index in [4.69, 9.17) is 9.16 Å². The first-order valence-corrected chi connectivity index (χ1v) is 23.9. The number of allylic oxidation sites excluding steroid dienone is 1. The molecule has 316 valence electrons. The van der Waals surface area contributed by atoms with Gasteiger partial charge in [-0.25, -0.2) is 13.2 Å². The number of carbonyl (C=O) groups excluding carboxylic acids is 4. The van der Waals surface area contributed by atoms with Crippen LogP contribution in [0.15, 0.2) is 86.0 Å². The Balaban J connectivity index is 1.52. The molecule has 1 aliphatic heterocycles. The highest BCUT2D eigenvalue weighted by Gasteiger charge is 2.62. The number of hydrogen-bond acceptors (Lipinski definition) is 8. The summed E-state index contributed by atoms with van der Waals surface area (Å²) in [7, 11) is -7.08. The number of unbranched alkanes of at least 4 members (excludes halogenated alkanes) is 3. The normalized spacial score (nSPS) is 22.7. The molecule has 0 radical (unpaired) electrons. The van der Waals surface area contributed by atoms with Crippen molar-refractivity contribution in [2.75, 3.05) is 6.54 Å². The van der Waals surface area contributed by atoms with Crippen LogP contribution in [0.4, 0.5) is 4.79 Å². The monoisotopic (exact) mass is 834 g/mol. The molecule has 5 atom stereocenters. The van der Waals surface area contributed by atoms with E-state index in [-0.39, 0.29) is 19.4 Å². The van der Waals surface area contributed by atoms with Gasteiger partial charge in [0.05, 0.1) is 11.4 Å². The Morgan fingerprint density at radius 1 is 0.931 bits per heavy atom. The highest BCUT2D eigenvalue weighted by atomic mass is 32.2. The van der Waals surface area contributed by atoms with Crippen LogP contribution in [0.1, 0.15) is 99.3 Å². The number of hydrogen-bond donors (Lipinski definition) is 3. The van der Waals surface area contributed by atoms with E-state index < -0.39 is 87.7 Å². The Hall–Kier alpha value is -4.27. The smallest absolute Gasteiger partial charge is 0.408 e. The zero-order chi connectivity index (χ0) is 42.5. The molecule has 58 heavy (non-hydrogen) atoms. The standard InChI is InChI=1S/C44H62N4O8SSi/c1-9-11-12-13-20-25-36(45-41(52)55-42(3,4)5)39(50)48-30-32(56-58(43(6,7)8,34-21-16-14-17-22-34)35-23-18-15-19-24-35)28-37(48)38(49)46-44(29-31(44)10-2)40(51)47-57(53,54)33-26-27-33/h9-10,14-19,21-24,31-33,36-37H,1-2,11-13,20,25-30H2,3-8H3,(H,45,52)(H,46,49)(H,47,51)/t31?,32?,36?,37?,44-/m1/s1. The summed E-state index contributed by atoms with van der Waals surface area (Å²) in [4.78, 5) is 57.9. The van der Waals surface area contributed by atoms with Gasteiger partial charge in [-0.1, -0.05) is 106 Å². The van der Waals surface area contributed by atoms with Gasteiger partial charge in [-0.3, -0.25) is 19.1 Å². The van der Waals surface area contributed by atoms with Crippen LogP contribution in [-0.4, -0.2) is 86.6 Å². The Bertz CT molecular complexity index is 1890. The van der Waals surface area contributed by atoms with Gasteiger partial charge in [0.1, 0.15) is 23.2 Å². The number of benzene rings is 2. The summed E-state index contributed by atoms with van der Waals surface area (Å²) >= 11 is 0. The zero-order valence-corrected chi connectivity index (χ0v) is 36.7. The maximum atomic E-state index is 14.9. The quantitative estimate of drug-likeness (QED) is 0.105. The molecule has 5 rings (SSSR count). The van der Waals surface area contributed by atoms with Crippen LogP contribution in [0.3, 0.4) is 0 Å². The first kappa shape index (κ1) is 44.8. The molecule has 2 saturated carbocycles. The molecule has 0 spiro atoms. The fourth-order valence-electron chi connectivity index (χ4n) is 8.06. The number of sulfonamides is 1. The van der Waals surface area contributed by atoms with Crippen LogP contribution in [0.25, 0.3) is 0 Å². The molecule has 0 bridgehead atoms. The third-order valence-electron chi connectivity index (χ3n) is 11.2. The second kappa shape index (κ2) is 17.9. The molecule has 2 aromatic rings. The minimum Gasteiger partial charge on any atom is -0.444 e. The largest absolute Gasteiger partial charge is 0.444 e. The number of nitrogens with one attached hydrogen (secondary N) is 3. The molecule has 14 heteroatoms. The van der Waals surface area contributed by atoms with Gasteiger partial charge in [0.2, 0.25) is 21.8 Å². The van der Waals surface area contributed by atoms with Crippen molar-refractivity contribution in [1.82, 2.24) is 20.3 Å². The third-order valence-corrected chi connectivity index (χ3v) is 18.2. The van der Waals surface area contributed by atoms with E-state index >= 15 is 0 Å². The van der Waals surface area contributed by atoms with Crippen molar-refractivity contribution in [2.24, 2.45) is 5.92 Å². The number of alkyl carbamates (subject to hydrolysis) is 1. The van der Waals surface area contributed by atoms with Gasteiger partial charge in [-0.15, -0.1) is 13.2 Å². The predicted molar refractivity (Wildman–Crippen MR) is 228 cm³/mol. The van der Waals surface area contributed by atoms with Crippen LogP contribution in [0.5, 0.6) is 0 Å². The van der Waals surface area contributed by atoms with Crippen LogP contribution >= 0.6 is 0 Å². The van der Waals surface area contributed by atoms with Gasteiger partial charge < -0.3 is 24.7 Å². The highest BCUT2D eigenvalue weighted by molar-refractivity contribution is 7.91. The van der Waals surface area contributed by atoms with Crippen molar-refractivity contribution in [3.63, 3.8) is 0 Å². The molecule has 3 aliphatic rings. The minimum atomic E-state index is -3.91. The van der Waals surface area contributed by atoms with Gasteiger partial charge in [0, 0.05) is 18.9 Å². The average molecular weight is 835 g/mol. The zero-order valence-electron chi connectivity index (χ0n) is 34.9. The molecule has 4 unspecified atom stereocenters. The molecule has 1 heterocycles. The first-order valence-electron chi connectivity index (χ1n) is 20.5. The van der Waals surface area contributed by atoms with Crippen LogP contribution < -0.4 is 25.7 Å². The summed E-state index contributed by atoms with van der Waals surface area (Å²) in [5, 5.41) is 6.70. The van der Waals surface area contributed by atoms with Gasteiger partial charge in [0.15, 0.2) is 0 Å².